The van der Waals surface area contributed by atoms with Gasteiger partial charge in [0.1, 0.15) is 5.78 Å². The summed E-state index contributed by atoms with van der Waals surface area (Å²) in [6.45, 7) is 5.91. The van der Waals surface area contributed by atoms with E-state index in [1.165, 1.54) is 6.92 Å². The molecule has 0 bridgehead atoms. The molecule has 0 unspecified atom stereocenters. The maximum absolute atomic E-state index is 13.4. The second-order valence-corrected chi connectivity index (χ2v) is 11.2. The zero-order valence-corrected chi connectivity index (χ0v) is 22.5. The first-order chi connectivity index (χ1) is 17.2. The molecule has 2 rings (SSSR count). The van der Waals surface area contributed by atoms with Crippen LogP contribution in [-0.4, -0.2) is 46.8 Å². The van der Waals surface area contributed by atoms with Crippen molar-refractivity contribution < 1.29 is 24.0 Å². The Balaban J connectivity index is 2.29. The summed E-state index contributed by atoms with van der Waals surface area (Å²) >= 11 is 1.02. The predicted molar refractivity (Wildman–Crippen MR) is 142 cm³/mol. The molecule has 3 atom stereocenters. The van der Waals surface area contributed by atoms with Crippen molar-refractivity contribution in [1.82, 2.24) is 10.6 Å². The van der Waals surface area contributed by atoms with Gasteiger partial charge in [-0.05, 0) is 44.1 Å². The number of hydrogen-bond donors (Lipinski definition) is 2. The first kappa shape index (κ1) is 29.7. The summed E-state index contributed by atoms with van der Waals surface area (Å²) in [4.78, 5) is 63.8. The van der Waals surface area contributed by atoms with E-state index in [2.05, 4.69) is 10.6 Å². The number of thioether (sulfide) groups is 1. The number of Topliss-reactive ketones (excluding diaryl/α,β-unsaturated/α-hetero) is 2. The van der Waals surface area contributed by atoms with Crippen molar-refractivity contribution >= 4 is 40.3 Å². The second kappa shape index (κ2) is 15.6. The van der Waals surface area contributed by atoms with Crippen molar-refractivity contribution in [3.05, 3.63) is 35.9 Å². The topological polar surface area (TPSA) is 109 Å². The molecule has 1 saturated heterocycles. The van der Waals surface area contributed by atoms with Crippen LogP contribution in [0.25, 0.3) is 0 Å². The highest BCUT2D eigenvalue weighted by Crippen LogP contribution is 2.25. The molecule has 1 fully saturated rings. The number of ketones is 2. The van der Waals surface area contributed by atoms with Gasteiger partial charge >= 0.3 is 0 Å². The predicted octanol–water partition coefficient (Wildman–Crippen LogP) is 3.88. The average Bonchev–Trinajstić information content (AvgIpc) is 2.82. The molecule has 0 spiro atoms. The molecular weight excluding hydrogens is 476 g/mol. The summed E-state index contributed by atoms with van der Waals surface area (Å²) in [5.41, 5.74) is 0.942. The minimum atomic E-state index is -0.627. The van der Waals surface area contributed by atoms with E-state index in [1.54, 1.807) is 0 Å². The van der Waals surface area contributed by atoms with Crippen LogP contribution >= 0.6 is 11.8 Å². The SMILES string of the molecule is CC(=O)C[C@H]1CSC(=O)[C@H](Cc2ccccc2)CC(=O)[C@H](CC(C)C)NC(=O)CCCCCNC1=O. The number of rotatable bonds is 6. The molecule has 0 aliphatic carbocycles. The monoisotopic (exact) mass is 516 g/mol. The Morgan fingerprint density at radius 2 is 1.75 bits per heavy atom. The maximum Gasteiger partial charge on any atom is 0.224 e. The Labute approximate surface area is 218 Å². The molecule has 0 radical (unpaired) electrons. The molecule has 1 aliphatic rings. The molecule has 7 nitrogen and oxygen atoms in total. The summed E-state index contributed by atoms with van der Waals surface area (Å²) < 4.78 is 0. The molecule has 1 heterocycles. The number of carbonyl (C=O) groups is 5. The van der Waals surface area contributed by atoms with E-state index in [0.29, 0.717) is 38.6 Å². The molecule has 36 heavy (non-hydrogen) atoms. The van der Waals surface area contributed by atoms with Crippen molar-refractivity contribution in [2.45, 2.75) is 78.2 Å². The standard InChI is InChI=1S/C28H40N2O5S/c1-19(2)14-24-25(32)17-22(16-21-10-6-4-7-11-21)28(35)36-18-23(15-20(3)31)27(34)29-13-9-5-8-12-26(33)30-24/h4,6-7,10-11,19,22-24H,5,8-9,12-18H2,1-3H3,(H,29,34)(H,30,33)/t22-,23+,24+/m1/s1. The fourth-order valence-electron chi connectivity index (χ4n) is 4.35. The molecule has 198 valence electrons. The molecule has 8 heteroatoms. The maximum atomic E-state index is 13.4. The largest absolute Gasteiger partial charge is 0.356 e. The number of benzene rings is 1. The molecule has 1 aliphatic heterocycles. The average molecular weight is 517 g/mol. The highest BCUT2D eigenvalue weighted by atomic mass is 32.2. The van der Waals surface area contributed by atoms with Crippen molar-refractivity contribution in [3.63, 3.8) is 0 Å². The molecule has 0 saturated carbocycles. The molecule has 2 N–H and O–H groups in total. The minimum absolute atomic E-state index is 0.0158. The quantitative estimate of drug-likeness (QED) is 0.594. The van der Waals surface area contributed by atoms with Gasteiger partial charge in [-0.3, -0.25) is 19.2 Å². The van der Waals surface area contributed by atoms with Crippen LogP contribution in [0.4, 0.5) is 0 Å². The first-order valence-corrected chi connectivity index (χ1v) is 13.9. The highest BCUT2D eigenvalue weighted by molar-refractivity contribution is 8.13. The Morgan fingerprint density at radius 1 is 1.03 bits per heavy atom. The van der Waals surface area contributed by atoms with E-state index in [9.17, 15) is 24.0 Å². The minimum Gasteiger partial charge on any atom is -0.356 e. The van der Waals surface area contributed by atoms with Crippen LogP contribution in [0.1, 0.15) is 71.3 Å². The van der Waals surface area contributed by atoms with Crippen molar-refractivity contribution in [1.29, 1.82) is 0 Å². The third-order valence-electron chi connectivity index (χ3n) is 6.25. The number of amides is 2. The second-order valence-electron chi connectivity index (χ2n) is 10.1. The van der Waals surface area contributed by atoms with Crippen molar-refractivity contribution in [3.8, 4) is 0 Å². The summed E-state index contributed by atoms with van der Waals surface area (Å²) in [6, 6.07) is 8.89. The fourth-order valence-corrected chi connectivity index (χ4v) is 5.39. The third-order valence-corrected chi connectivity index (χ3v) is 7.43. The summed E-state index contributed by atoms with van der Waals surface area (Å²) in [5, 5.41) is 5.61. The van der Waals surface area contributed by atoms with E-state index in [-0.39, 0.29) is 53.0 Å². The van der Waals surface area contributed by atoms with E-state index in [0.717, 1.165) is 23.7 Å². The Hall–Kier alpha value is -2.48. The van der Waals surface area contributed by atoms with Crippen LogP contribution in [0.3, 0.4) is 0 Å². The van der Waals surface area contributed by atoms with Gasteiger partial charge in [-0.25, -0.2) is 0 Å². The smallest absolute Gasteiger partial charge is 0.224 e. The van der Waals surface area contributed by atoms with Crippen LogP contribution < -0.4 is 10.6 Å². The summed E-state index contributed by atoms with van der Waals surface area (Å²) in [6.07, 6.45) is 3.45. The molecule has 2 amide bonds. The van der Waals surface area contributed by atoms with Crippen molar-refractivity contribution in [2.75, 3.05) is 12.3 Å². The zero-order valence-electron chi connectivity index (χ0n) is 21.7. The van der Waals surface area contributed by atoms with Gasteiger partial charge in [0.05, 0.1) is 12.0 Å². The van der Waals surface area contributed by atoms with Crippen LogP contribution in [0, 0.1) is 17.8 Å². The Kier molecular flexibility index (Phi) is 12.9. The van der Waals surface area contributed by atoms with Gasteiger partial charge < -0.3 is 15.4 Å². The van der Waals surface area contributed by atoms with E-state index >= 15 is 0 Å². The summed E-state index contributed by atoms with van der Waals surface area (Å²) in [7, 11) is 0. The van der Waals surface area contributed by atoms with Gasteiger partial charge in [-0.15, -0.1) is 0 Å². The van der Waals surface area contributed by atoms with Gasteiger partial charge in [0, 0.05) is 37.5 Å². The van der Waals surface area contributed by atoms with Crippen LogP contribution in [0.15, 0.2) is 30.3 Å². The van der Waals surface area contributed by atoms with Gasteiger partial charge in [0.2, 0.25) is 11.8 Å². The normalized spacial score (nSPS) is 23.6. The van der Waals surface area contributed by atoms with E-state index in [1.807, 2.05) is 44.2 Å². The van der Waals surface area contributed by atoms with Gasteiger partial charge in [-0.2, -0.15) is 0 Å². The van der Waals surface area contributed by atoms with Gasteiger partial charge in [0.25, 0.3) is 0 Å². The molecule has 1 aromatic rings. The highest BCUT2D eigenvalue weighted by Gasteiger charge is 2.30. The molecular formula is C28H40N2O5S. The molecule has 0 aromatic heterocycles. The lowest BCUT2D eigenvalue weighted by molar-refractivity contribution is -0.129. The third kappa shape index (κ3) is 11.1. The summed E-state index contributed by atoms with van der Waals surface area (Å²) in [5.74, 6) is -1.44. The van der Waals surface area contributed by atoms with Crippen LogP contribution in [0.5, 0.6) is 0 Å². The van der Waals surface area contributed by atoms with Crippen molar-refractivity contribution in [2.24, 2.45) is 17.8 Å². The molecule has 1 aromatic carbocycles. The lowest BCUT2D eigenvalue weighted by Crippen LogP contribution is -2.42. The Morgan fingerprint density at radius 3 is 2.42 bits per heavy atom. The van der Waals surface area contributed by atoms with Crippen LogP contribution in [-0.2, 0) is 30.4 Å². The lowest BCUT2D eigenvalue weighted by atomic mass is 9.90. The van der Waals surface area contributed by atoms with Gasteiger partial charge in [0.15, 0.2) is 10.9 Å². The fraction of sp³-hybridized carbons (Fsp3) is 0.607. The number of hydrogen-bond acceptors (Lipinski definition) is 6. The van der Waals surface area contributed by atoms with Crippen LogP contribution in [0.2, 0.25) is 0 Å². The number of carbonyl (C=O) groups excluding carboxylic acids is 5. The number of nitrogens with one attached hydrogen (secondary N) is 2. The van der Waals surface area contributed by atoms with Gasteiger partial charge in [-0.1, -0.05) is 62.4 Å². The van der Waals surface area contributed by atoms with E-state index in [4.69, 9.17) is 0 Å². The zero-order chi connectivity index (χ0) is 26.5. The lowest BCUT2D eigenvalue weighted by Gasteiger charge is -2.23. The first-order valence-electron chi connectivity index (χ1n) is 13.0. The van der Waals surface area contributed by atoms with E-state index < -0.39 is 17.9 Å². The Bertz CT molecular complexity index is 902.